The van der Waals surface area contributed by atoms with Gasteiger partial charge >= 0.3 is 0 Å². The minimum absolute atomic E-state index is 0.796. The molecular weight excluding hydrogens is 224 g/mol. The molecule has 1 heterocycles. The fourth-order valence-corrected chi connectivity index (χ4v) is 1.78. The molecule has 0 aliphatic heterocycles. The van der Waals surface area contributed by atoms with Crippen molar-refractivity contribution in [3.63, 3.8) is 0 Å². The predicted octanol–water partition coefficient (Wildman–Crippen LogP) is 3.07. The fraction of sp³-hybridized carbons (Fsp3) is 0.267. The van der Waals surface area contributed by atoms with E-state index in [-0.39, 0.29) is 0 Å². The van der Waals surface area contributed by atoms with Gasteiger partial charge in [0.15, 0.2) is 0 Å². The summed E-state index contributed by atoms with van der Waals surface area (Å²) >= 11 is 0. The minimum Gasteiger partial charge on any atom is -0.497 e. The number of nitrogens with zero attached hydrogens (tertiary/aromatic N) is 1. The van der Waals surface area contributed by atoms with Crippen LogP contribution >= 0.6 is 0 Å². The Morgan fingerprint density at radius 3 is 3.00 bits per heavy atom. The quantitative estimate of drug-likeness (QED) is 0.658. The number of methoxy groups -OCH3 is 1. The largest absolute Gasteiger partial charge is 0.497 e. The van der Waals surface area contributed by atoms with Crippen LogP contribution in [-0.2, 0) is 0 Å². The van der Waals surface area contributed by atoms with E-state index in [0.29, 0.717) is 0 Å². The van der Waals surface area contributed by atoms with Crippen molar-refractivity contribution in [3.8, 4) is 17.6 Å². The summed E-state index contributed by atoms with van der Waals surface area (Å²) in [5.41, 5.74) is 0. The third kappa shape index (κ3) is 2.72. The highest BCUT2D eigenvalue weighted by Crippen LogP contribution is 2.25. The first-order valence-electron chi connectivity index (χ1n) is 5.91. The van der Waals surface area contributed by atoms with Crippen LogP contribution in [-0.4, -0.2) is 18.6 Å². The summed E-state index contributed by atoms with van der Waals surface area (Å²) in [5, 5.41) is 5.52. The van der Waals surface area contributed by atoms with E-state index in [1.807, 2.05) is 37.4 Å². The van der Waals surface area contributed by atoms with Crippen LogP contribution in [0.4, 0.5) is 5.82 Å². The van der Waals surface area contributed by atoms with Gasteiger partial charge in [-0.3, -0.25) is 0 Å². The second kappa shape index (κ2) is 5.92. The Balaban J connectivity index is 2.27. The second-order valence-corrected chi connectivity index (χ2v) is 3.85. The van der Waals surface area contributed by atoms with Crippen molar-refractivity contribution in [2.45, 2.75) is 13.3 Å². The normalized spacial score (nSPS) is 9.67. The van der Waals surface area contributed by atoms with Crippen molar-refractivity contribution >= 4 is 16.6 Å². The molecule has 2 aromatic rings. The van der Waals surface area contributed by atoms with Crippen LogP contribution in [0, 0.1) is 11.8 Å². The van der Waals surface area contributed by atoms with E-state index in [9.17, 15) is 0 Å². The molecule has 0 aliphatic carbocycles. The van der Waals surface area contributed by atoms with Gasteiger partial charge in [-0.2, -0.15) is 0 Å². The number of aromatic nitrogens is 1. The van der Waals surface area contributed by atoms with Gasteiger partial charge in [-0.1, -0.05) is 6.07 Å². The SMILES string of the molecule is CC#CCCNc1nccc2ccc(OC)cc12. The van der Waals surface area contributed by atoms with Crippen molar-refractivity contribution in [1.29, 1.82) is 0 Å². The van der Waals surface area contributed by atoms with E-state index in [1.165, 1.54) is 0 Å². The Hall–Kier alpha value is -2.21. The van der Waals surface area contributed by atoms with Gasteiger partial charge in [-0.25, -0.2) is 4.98 Å². The maximum atomic E-state index is 5.24. The van der Waals surface area contributed by atoms with Crippen LogP contribution in [0.5, 0.6) is 5.75 Å². The summed E-state index contributed by atoms with van der Waals surface area (Å²) < 4.78 is 5.24. The third-order valence-corrected chi connectivity index (χ3v) is 2.69. The number of anilines is 1. The van der Waals surface area contributed by atoms with E-state index >= 15 is 0 Å². The summed E-state index contributed by atoms with van der Waals surface area (Å²) in [6, 6.07) is 7.98. The van der Waals surface area contributed by atoms with Crippen LogP contribution < -0.4 is 10.1 Å². The summed E-state index contributed by atoms with van der Waals surface area (Å²) in [6.45, 7) is 2.64. The second-order valence-electron chi connectivity index (χ2n) is 3.85. The molecule has 0 saturated heterocycles. The molecule has 0 spiro atoms. The van der Waals surface area contributed by atoms with Crippen LogP contribution in [0.3, 0.4) is 0 Å². The van der Waals surface area contributed by atoms with Crippen molar-refractivity contribution in [2.75, 3.05) is 19.0 Å². The third-order valence-electron chi connectivity index (χ3n) is 2.69. The summed E-state index contributed by atoms with van der Waals surface area (Å²) in [7, 11) is 1.67. The van der Waals surface area contributed by atoms with Crippen molar-refractivity contribution in [1.82, 2.24) is 4.98 Å². The van der Waals surface area contributed by atoms with Gasteiger partial charge in [0.25, 0.3) is 0 Å². The molecule has 2 rings (SSSR count). The predicted molar refractivity (Wildman–Crippen MR) is 74.9 cm³/mol. The summed E-state index contributed by atoms with van der Waals surface area (Å²) in [5.74, 6) is 7.62. The van der Waals surface area contributed by atoms with E-state index in [0.717, 1.165) is 35.3 Å². The van der Waals surface area contributed by atoms with Crippen molar-refractivity contribution < 1.29 is 4.74 Å². The molecule has 92 valence electrons. The highest BCUT2D eigenvalue weighted by atomic mass is 16.5. The standard InChI is InChI=1S/C15H16N2O/c1-3-4-5-9-16-15-14-11-13(18-2)7-6-12(14)8-10-17-15/h6-8,10-11H,5,9H2,1-2H3,(H,16,17). The smallest absolute Gasteiger partial charge is 0.133 e. The first-order valence-corrected chi connectivity index (χ1v) is 5.91. The van der Waals surface area contributed by atoms with Gasteiger partial charge in [-0.15, -0.1) is 11.8 Å². The Morgan fingerprint density at radius 2 is 2.22 bits per heavy atom. The molecule has 1 aromatic heterocycles. The minimum atomic E-state index is 0.796. The van der Waals surface area contributed by atoms with Crippen LogP contribution in [0.2, 0.25) is 0 Å². The number of hydrogen-bond donors (Lipinski definition) is 1. The molecule has 0 amide bonds. The zero-order valence-corrected chi connectivity index (χ0v) is 10.7. The van der Waals surface area contributed by atoms with Gasteiger partial charge in [-0.05, 0) is 30.5 Å². The van der Waals surface area contributed by atoms with Crippen LogP contribution in [0.1, 0.15) is 13.3 Å². The van der Waals surface area contributed by atoms with Gasteiger partial charge in [0.1, 0.15) is 11.6 Å². The number of ether oxygens (including phenoxy) is 1. The van der Waals surface area contributed by atoms with Gasteiger partial charge < -0.3 is 10.1 Å². The average Bonchev–Trinajstić information content (AvgIpc) is 2.43. The number of pyridine rings is 1. The molecule has 0 bridgehead atoms. The van der Waals surface area contributed by atoms with Crippen molar-refractivity contribution in [2.24, 2.45) is 0 Å². The van der Waals surface area contributed by atoms with Crippen molar-refractivity contribution in [3.05, 3.63) is 30.5 Å². The lowest BCUT2D eigenvalue weighted by molar-refractivity contribution is 0.415. The highest BCUT2D eigenvalue weighted by molar-refractivity contribution is 5.92. The molecule has 0 aliphatic rings. The number of hydrogen-bond acceptors (Lipinski definition) is 3. The van der Waals surface area contributed by atoms with E-state index in [4.69, 9.17) is 4.74 Å². The van der Waals surface area contributed by atoms with Gasteiger partial charge in [0.05, 0.1) is 7.11 Å². The molecule has 0 saturated carbocycles. The average molecular weight is 240 g/mol. The van der Waals surface area contributed by atoms with Gasteiger partial charge in [0, 0.05) is 24.5 Å². The Morgan fingerprint density at radius 1 is 1.33 bits per heavy atom. The number of benzene rings is 1. The summed E-state index contributed by atoms with van der Waals surface area (Å²) in [4.78, 5) is 4.37. The molecular formula is C15H16N2O. The lowest BCUT2D eigenvalue weighted by atomic mass is 10.1. The maximum absolute atomic E-state index is 5.24. The Kier molecular flexibility index (Phi) is 4.03. The summed E-state index contributed by atoms with van der Waals surface area (Å²) in [6.07, 6.45) is 2.63. The highest BCUT2D eigenvalue weighted by Gasteiger charge is 2.03. The Bertz CT molecular complexity index is 596. The fourth-order valence-electron chi connectivity index (χ4n) is 1.78. The molecule has 0 fully saturated rings. The van der Waals surface area contributed by atoms with E-state index in [1.54, 1.807) is 7.11 Å². The molecule has 1 N–H and O–H groups in total. The van der Waals surface area contributed by atoms with E-state index in [2.05, 4.69) is 22.1 Å². The van der Waals surface area contributed by atoms with E-state index < -0.39 is 0 Å². The number of fused-ring (bicyclic) bond motifs is 1. The Labute approximate surface area is 107 Å². The molecule has 18 heavy (non-hydrogen) atoms. The van der Waals surface area contributed by atoms with Crippen LogP contribution in [0.25, 0.3) is 10.8 Å². The zero-order valence-electron chi connectivity index (χ0n) is 10.7. The lowest BCUT2D eigenvalue weighted by Crippen LogP contribution is -2.02. The van der Waals surface area contributed by atoms with Gasteiger partial charge in [0.2, 0.25) is 0 Å². The monoisotopic (exact) mass is 240 g/mol. The first-order chi connectivity index (χ1) is 8.85. The molecule has 1 aromatic carbocycles. The molecule has 0 unspecified atom stereocenters. The van der Waals surface area contributed by atoms with Crippen LogP contribution in [0.15, 0.2) is 30.5 Å². The molecule has 3 nitrogen and oxygen atoms in total. The topological polar surface area (TPSA) is 34.2 Å². The molecule has 3 heteroatoms. The number of nitrogens with one attached hydrogen (secondary N) is 1. The maximum Gasteiger partial charge on any atom is 0.133 e. The molecule has 0 atom stereocenters. The zero-order chi connectivity index (χ0) is 12.8. The number of rotatable bonds is 4. The molecule has 0 radical (unpaired) electrons. The first kappa shape index (κ1) is 12.3. The lowest BCUT2D eigenvalue weighted by Gasteiger charge is -2.08.